The van der Waals surface area contributed by atoms with Crippen molar-refractivity contribution < 1.29 is 29.1 Å². The number of likely N-dealkylation sites (tertiary alicyclic amines) is 1. The van der Waals surface area contributed by atoms with E-state index < -0.39 is 54.3 Å². The van der Waals surface area contributed by atoms with Crippen molar-refractivity contribution in [3.63, 3.8) is 0 Å². The minimum Gasteiger partial charge on any atom is -0.480 e. The van der Waals surface area contributed by atoms with Crippen molar-refractivity contribution in [3.8, 4) is 0 Å². The van der Waals surface area contributed by atoms with Gasteiger partial charge in [0.05, 0.1) is 12.5 Å². The molecule has 0 aromatic heterocycles. The molecular weight excluding hydrogens is 474 g/mol. The number of carbonyl (C=O) groups excluding carboxylic acids is 4. The number of hydrogen-bond donors (Lipinski definition) is 5. The van der Waals surface area contributed by atoms with Crippen molar-refractivity contribution in [2.45, 2.75) is 56.3 Å². The molecule has 1 aliphatic rings. The summed E-state index contributed by atoms with van der Waals surface area (Å²) in [6, 6.07) is 5.02. The summed E-state index contributed by atoms with van der Waals surface area (Å²) in [6.07, 6.45) is 2.71. The fraction of sp³-hybridized carbons (Fsp3) is 0.522. The smallest absolute Gasteiger partial charge is 0.326 e. The molecule has 1 aromatic carbocycles. The second-order valence-corrected chi connectivity index (χ2v) is 9.38. The molecule has 0 aliphatic carbocycles. The number of hydrogen-bond acceptors (Lipinski definition) is 7. The van der Waals surface area contributed by atoms with Gasteiger partial charge in [0.2, 0.25) is 23.6 Å². The molecule has 11 nitrogen and oxygen atoms in total. The summed E-state index contributed by atoms with van der Waals surface area (Å²) >= 11 is 1.42. The maximum Gasteiger partial charge on any atom is 0.326 e. The van der Waals surface area contributed by atoms with Gasteiger partial charge in [0, 0.05) is 6.54 Å². The van der Waals surface area contributed by atoms with Crippen LogP contribution < -0.4 is 22.1 Å². The number of carbonyl (C=O) groups is 5. The van der Waals surface area contributed by atoms with Gasteiger partial charge in [-0.25, -0.2) is 4.79 Å². The lowest BCUT2D eigenvalue weighted by Crippen LogP contribution is -2.57. The Labute approximate surface area is 208 Å². The molecule has 0 radical (unpaired) electrons. The quantitative estimate of drug-likeness (QED) is 0.230. The molecule has 1 saturated heterocycles. The maximum absolute atomic E-state index is 13.0. The average molecular weight is 508 g/mol. The molecule has 35 heavy (non-hydrogen) atoms. The van der Waals surface area contributed by atoms with Gasteiger partial charge in [-0.05, 0) is 43.3 Å². The zero-order valence-electron chi connectivity index (χ0n) is 19.6. The Kier molecular flexibility index (Phi) is 11.0. The molecule has 2 rings (SSSR count). The lowest BCUT2D eigenvalue weighted by Gasteiger charge is -2.28. The Morgan fingerprint density at radius 3 is 2.43 bits per heavy atom. The summed E-state index contributed by atoms with van der Waals surface area (Å²) in [5, 5.41) is 14.2. The molecule has 192 valence electrons. The predicted octanol–water partition coefficient (Wildman–Crippen LogP) is -0.770. The third-order valence-electron chi connectivity index (χ3n) is 5.72. The van der Waals surface area contributed by atoms with Crippen LogP contribution in [0.15, 0.2) is 30.3 Å². The van der Waals surface area contributed by atoms with E-state index >= 15 is 0 Å². The highest BCUT2D eigenvalue weighted by atomic mass is 32.2. The zero-order chi connectivity index (χ0) is 26.0. The lowest BCUT2D eigenvalue weighted by atomic mass is 10.0. The van der Waals surface area contributed by atoms with Crippen LogP contribution in [0.25, 0.3) is 0 Å². The Hall–Kier alpha value is -3.12. The normalized spacial score (nSPS) is 17.8. The average Bonchev–Trinajstić information content (AvgIpc) is 3.30. The molecule has 1 heterocycles. The fourth-order valence-corrected chi connectivity index (χ4v) is 4.39. The highest BCUT2D eigenvalue weighted by Gasteiger charge is 2.38. The lowest BCUT2D eigenvalue weighted by molar-refractivity contribution is -0.143. The largest absolute Gasteiger partial charge is 0.480 e. The van der Waals surface area contributed by atoms with E-state index in [9.17, 15) is 29.1 Å². The first-order valence-electron chi connectivity index (χ1n) is 11.3. The van der Waals surface area contributed by atoms with Crippen LogP contribution in [0.5, 0.6) is 0 Å². The Balaban J connectivity index is 2.07. The summed E-state index contributed by atoms with van der Waals surface area (Å²) in [5.41, 5.74) is 12.3. The van der Waals surface area contributed by atoms with E-state index in [2.05, 4.69) is 10.6 Å². The number of aliphatic carboxylic acids is 1. The number of carboxylic acids is 1. The van der Waals surface area contributed by atoms with Gasteiger partial charge in [-0.2, -0.15) is 11.8 Å². The maximum atomic E-state index is 13.0. The van der Waals surface area contributed by atoms with Crippen LogP contribution in [0.4, 0.5) is 0 Å². The number of amides is 4. The van der Waals surface area contributed by atoms with Crippen molar-refractivity contribution in [2.75, 3.05) is 18.6 Å². The molecule has 0 bridgehead atoms. The van der Waals surface area contributed by atoms with Gasteiger partial charge in [0.1, 0.15) is 18.1 Å². The van der Waals surface area contributed by atoms with Gasteiger partial charge in [-0.3, -0.25) is 19.2 Å². The van der Waals surface area contributed by atoms with Crippen molar-refractivity contribution in [1.82, 2.24) is 15.5 Å². The molecular formula is C23H33N5O6S. The molecule has 4 atom stereocenters. The third-order valence-corrected chi connectivity index (χ3v) is 6.36. The molecule has 1 aromatic rings. The van der Waals surface area contributed by atoms with Crippen molar-refractivity contribution in [1.29, 1.82) is 0 Å². The van der Waals surface area contributed by atoms with Gasteiger partial charge in [0.15, 0.2) is 0 Å². The summed E-state index contributed by atoms with van der Waals surface area (Å²) in [4.78, 5) is 63.1. The van der Waals surface area contributed by atoms with E-state index in [1.54, 1.807) is 6.26 Å². The SMILES string of the molecule is CSCCC(NC(=O)C(CC(N)=O)NC(=O)C1CCCN1C(=O)C(N)Cc1ccccc1)C(=O)O. The van der Waals surface area contributed by atoms with Crippen LogP contribution in [0.2, 0.25) is 0 Å². The molecule has 1 fully saturated rings. The molecule has 4 unspecified atom stereocenters. The number of benzene rings is 1. The molecule has 1 aliphatic heterocycles. The van der Waals surface area contributed by atoms with E-state index in [-0.39, 0.29) is 12.3 Å². The van der Waals surface area contributed by atoms with Gasteiger partial charge < -0.3 is 32.1 Å². The predicted molar refractivity (Wildman–Crippen MR) is 131 cm³/mol. The van der Waals surface area contributed by atoms with Crippen LogP contribution in [0.1, 0.15) is 31.2 Å². The highest BCUT2D eigenvalue weighted by Crippen LogP contribution is 2.19. The van der Waals surface area contributed by atoms with Crippen molar-refractivity contribution in [2.24, 2.45) is 11.5 Å². The summed E-state index contributed by atoms with van der Waals surface area (Å²) in [7, 11) is 0. The van der Waals surface area contributed by atoms with E-state index in [0.29, 0.717) is 31.6 Å². The first-order valence-corrected chi connectivity index (χ1v) is 12.7. The van der Waals surface area contributed by atoms with Crippen LogP contribution in [-0.2, 0) is 30.4 Å². The second kappa shape index (κ2) is 13.7. The number of nitrogens with two attached hydrogens (primary N) is 2. The monoisotopic (exact) mass is 507 g/mol. The van der Waals surface area contributed by atoms with Crippen LogP contribution in [-0.4, -0.2) is 82.3 Å². The highest BCUT2D eigenvalue weighted by molar-refractivity contribution is 7.98. The molecule has 4 amide bonds. The second-order valence-electron chi connectivity index (χ2n) is 8.40. The van der Waals surface area contributed by atoms with Gasteiger partial charge in [-0.15, -0.1) is 0 Å². The number of rotatable bonds is 13. The van der Waals surface area contributed by atoms with E-state index in [1.807, 2.05) is 30.3 Å². The molecule has 0 saturated carbocycles. The Morgan fingerprint density at radius 2 is 1.83 bits per heavy atom. The van der Waals surface area contributed by atoms with E-state index in [4.69, 9.17) is 11.5 Å². The first kappa shape index (κ1) is 28.1. The molecule has 0 spiro atoms. The number of nitrogens with zero attached hydrogens (tertiary/aromatic N) is 1. The Bertz CT molecular complexity index is 915. The Morgan fingerprint density at radius 1 is 1.14 bits per heavy atom. The minimum atomic E-state index is -1.37. The van der Waals surface area contributed by atoms with Crippen LogP contribution >= 0.6 is 11.8 Å². The van der Waals surface area contributed by atoms with E-state index in [0.717, 1.165) is 5.56 Å². The fourth-order valence-electron chi connectivity index (χ4n) is 3.92. The number of nitrogens with one attached hydrogen (secondary N) is 2. The van der Waals surface area contributed by atoms with Crippen molar-refractivity contribution >= 4 is 41.4 Å². The van der Waals surface area contributed by atoms with Gasteiger partial charge >= 0.3 is 5.97 Å². The minimum absolute atomic E-state index is 0.170. The van der Waals surface area contributed by atoms with Crippen molar-refractivity contribution in [3.05, 3.63) is 35.9 Å². The van der Waals surface area contributed by atoms with Gasteiger partial charge in [0.25, 0.3) is 0 Å². The molecule has 12 heteroatoms. The van der Waals surface area contributed by atoms with Crippen LogP contribution in [0.3, 0.4) is 0 Å². The number of carboxylic acid groups (broad SMARTS) is 1. The summed E-state index contributed by atoms with van der Waals surface area (Å²) in [6.45, 7) is 0.335. The summed E-state index contributed by atoms with van der Waals surface area (Å²) in [5.74, 6) is -3.41. The standard InChI is InChI=1S/C23H33N5O6S/c1-35-11-9-16(23(33)34)26-20(30)17(13-19(25)29)27-21(31)18-8-5-10-28(18)22(32)15(24)12-14-6-3-2-4-7-14/h2-4,6-7,15-18H,5,8-13,24H2,1H3,(H2,25,29)(H,26,30)(H,27,31)(H,33,34). The zero-order valence-corrected chi connectivity index (χ0v) is 20.5. The van der Waals surface area contributed by atoms with Crippen LogP contribution in [0, 0.1) is 0 Å². The van der Waals surface area contributed by atoms with E-state index in [1.165, 1.54) is 16.7 Å². The molecule has 7 N–H and O–H groups in total. The third kappa shape index (κ3) is 8.55. The summed E-state index contributed by atoms with van der Waals surface area (Å²) < 4.78 is 0. The number of thioether (sulfide) groups is 1. The van der Waals surface area contributed by atoms with Gasteiger partial charge in [-0.1, -0.05) is 30.3 Å². The topological polar surface area (TPSA) is 185 Å². The first-order chi connectivity index (χ1) is 16.6. The number of primary amides is 1.